The van der Waals surface area contributed by atoms with Crippen molar-refractivity contribution in [2.24, 2.45) is 17.4 Å². The van der Waals surface area contributed by atoms with Gasteiger partial charge in [-0.1, -0.05) is 0 Å². The highest BCUT2D eigenvalue weighted by atomic mass is 16.7. The summed E-state index contributed by atoms with van der Waals surface area (Å²) in [4.78, 5) is 36.9. The van der Waals surface area contributed by atoms with E-state index in [4.69, 9.17) is 20.9 Å². The molecule has 2 saturated heterocycles. The van der Waals surface area contributed by atoms with Gasteiger partial charge >= 0.3 is 5.97 Å². The molecule has 2 aliphatic heterocycles. The van der Waals surface area contributed by atoms with E-state index in [1.807, 2.05) is 5.32 Å². The first-order valence-corrected chi connectivity index (χ1v) is 10.3. The van der Waals surface area contributed by atoms with Crippen molar-refractivity contribution in [1.29, 1.82) is 0 Å². The highest BCUT2D eigenvalue weighted by Crippen LogP contribution is 2.46. The minimum Gasteiger partial charge on any atom is -0.480 e. The summed E-state index contributed by atoms with van der Waals surface area (Å²) < 4.78 is 10.2. The number of nitrogens with two attached hydrogens (primary N) is 2. The van der Waals surface area contributed by atoms with Crippen molar-refractivity contribution in [3.05, 3.63) is 0 Å². The number of amides is 2. The Morgan fingerprint density at radius 3 is 2.00 bits per heavy atom. The van der Waals surface area contributed by atoms with Crippen LogP contribution in [0.1, 0.15) is 13.8 Å². The van der Waals surface area contributed by atoms with Gasteiger partial charge in [0.2, 0.25) is 23.4 Å². The number of nitrogens with one attached hydrogen (secondary N) is 1. The lowest BCUT2D eigenvalue weighted by atomic mass is 9.65. The van der Waals surface area contributed by atoms with Gasteiger partial charge in [0.25, 0.3) is 0 Å². The predicted octanol–water partition coefficient (Wildman–Crippen LogP) is -7.63. The first-order chi connectivity index (χ1) is 15.9. The largest absolute Gasteiger partial charge is 0.480 e. The molecule has 17 heteroatoms. The minimum absolute atomic E-state index is 0.864. The fraction of sp³-hybridized carbons (Fsp3) is 0.833. The fourth-order valence-corrected chi connectivity index (χ4v) is 4.55. The van der Waals surface area contributed by atoms with Crippen LogP contribution in [0.25, 0.3) is 0 Å². The van der Waals surface area contributed by atoms with Gasteiger partial charge in [0, 0.05) is 6.92 Å². The summed E-state index contributed by atoms with van der Waals surface area (Å²) in [5.74, 6) is -15.3. The Morgan fingerprint density at radius 2 is 1.57 bits per heavy atom. The molecule has 35 heavy (non-hydrogen) atoms. The number of carbonyl (C=O) groups is 3. The molecule has 202 valence electrons. The molecule has 0 aromatic heterocycles. The maximum Gasteiger partial charge on any atom is 0.330 e. The quantitative estimate of drug-likeness (QED) is 0.150. The van der Waals surface area contributed by atoms with Gasteiger partial charge in [-0.05, 0) is 6.92 Å². The Hall–Kier alpha value is -2.03. The van der Waals surface area contributed by atoms with E-state index in [1.165, 1.54) is 0 Å². The van der Waals surface area contributed by atoms with Gasteiger partial charge in [0.05, 0.1) is 12.7 Å². The summed E-state index contributed by atoms with van der Waals surface area (Å²) in [6, 6.07) is -2.34. The molecule has 12 atom stereocenters. The number of carbonyl (C=O) groups excluding carboxylic acids is 2. The number of carboxylic acid groups (broad SMARTS) is 1. The number of aliphatic hydroxyl groups excluding tert-OH is 6. The molecule has 2 heterocycles. The molecular formula is C18H31N3O14. The van der Waals surface area contributed by atoms with Gasteiger partial charge in [0.1, 0.15) is 48.6 Å². The van der Waals surface area contributed by atoms with Gasteiger partial charge in [-0.3, -0.25) is 9.59 Å². The lowest BCUT2D eigenvalue weighted by Crippen LogP contribution is -2.87. The number of carboxylic acids is 1. The second-order valence-corrected chi connectivity index (χ2v) is 8.71. The van der Waals surface area contributed by atoms with Gasteiger partial charge in [-0.2, -0.15) is 0 Å². The predicted molar refractivity (Wildman–Crippen MR) is 107 cm³/mol. The van der Waals surface area contributed by atoms with Crippen LogP contribution in [0.2, 0.25) is 0 Å². The number of rotatable bonds is 7. The van der Waals surface area contributed by atoms with Crippen LogP contribution in [0.5, 0.6) is 0 Å². The summed E-state index contributed by atoms with van der Waals surface area (Å²) in [7, 11) is 0. The Morgan fingerprint density at radius 1 is 1.03 bits per heavy atom. The topological polar surface area (TPSA) is 316 Å². The van der Waals surface area contributed by atoms with Crippen molar-refractivity contribution in [2.45, 2.75) is 79.7 Å². The summed E-state index contributed by atoms with van der Waals surface area (Å²) in [5, 5.41) is 95.5. The highest BCUT2D eigenvalue weighted by molar-refractivity contribution is 5.91. The van der Waals surface area contributed by atoms with Crippen LogP contribution in [-0.2, 0) is 23.9 Å². The zero-order valence-corrected chi connectivity index (χ0v) is 18.6. The lowest BCUT2D eigenvalue weighted by molar-refractivity contribution is -0.388. The van der Waals surface area contributed by atoms with E-state index in [1.54, 1.807) is 0 Å². The van der Waals surface area contributed by atoms with Crippen LogP contribution < -0.4 is 16.8 Å². The molecule has 0 spiro atoms. The van der Waals surface area contributed by atoms with Gasteiger partial charge in [-0.25, -0.2) is 4.79 Å². The smallest absolute Gasteiger partial charge is 0.330 e. The normalized spacial score (nSPS) is 44.7. The number of primary amides is 1. The van der Waals surface area contributed by atoms with E-state index in [0.29, 0.717) is 0 Å². The lowest BCUT2D eigenvalue weighted by Gasteiger charge is -2.57. The van der Waals surface area contributed by atoms with Crippen molar-refractivity contribution in [1.82, 2.24) is 5.32 Å². The molecule has 0 aromatic carbocycles. The fourth-order valence-electron chi connectivity index (χ4n) is 4.55. The second kappa shape index (κ2) is 9.79. The van der Waals surface area contributed by atoms with Crippen molar-refractivity contribution in [2.75, 3.05) is 6.61 Å². The Balaban J connectivity index is 2.83. The van der Waals surface area contributed by atoms with Gasteiger partial charge < -0.3 is 72.2 Å². The van der Waals surface area contributed by atoms with E-state index < -0.39 is 96.2 Å². The molecule has 2 fully saturated rings. The van der Waals surface area contributed by atoms with Crippen LogP contribution in [0.15, 0.2) is 0 Å². The number of aliphatic hydroxyl groups is 8. The van der Waals surface area contributed by atoms with Crippen molar-refractivity contribution < 1.29 is 69.8 Å². The molecule has 0 aliphatic carbocycles. The Labute approximate surface area is 197 Å². The van der Waals surface area contributed by atoms with Crippen LogP contribution in [0.3, 0.4) is 0 Å². The summed E-state index contributed by atoms with van der Waals surface area (Å²) in [5.41, 5.74) is 7.57. The van der Waals surface area contributed by atoms with Crippen molar-refractivity contribution in [3.63, 3.8) is 0 Å². The first-order valence-electron chi connectivity index (χ1n) is 10.3. The SMILES string of the molecule is CC(=O)NC1C(O)C(O)C(CO)OC1(O)C(N)(C(=O)O)C(C(N)=O)C1(O)O[C@@H](C)[C@@H](O)[C@@H](O)[C@@H]1O. The number of aliphatic carboxylic acids is 1. The van der Waals surface area contributed by atoms with Crippen LogP contribution in [0.4, 0.5) is 0 Å². The molecule has 2 rings (SSSR count). The van der Waals surface area contributed by atoms with E-state index in [2.05, 4.69) is 0 Å². The van der Waals surface area contributed by atoms with E-state index >= 15 is 0 Å². The highest BCUT2D eigenvalue weighted by Gasteiger charge is 2.75. The number of hydrogen-bond donors (Lipinski definition) is 12. The van der Waals surface area contributed by atoms with E-state index in [-0.39, 0.29) is 0 Å². The molecule has 0 bridgehead atoms. The minimum atomic E-state index is -3.74. The molecule has 17 nitrogen and oxygen atoms in total. The van der Waals surface area contributed by atoms with Gasteiger partial charge in [-0.15, -0.1) is 0 Å². The molecule has 0 radical (unpaired) electrons. The second-order valence-electron chi connectivity index (χ2n) is 8.71. The molecule has 2 aliphatic rings. The zero-order chi connectivity index (χ0) is 27.3. The van der Waals surface area contributed by atoms with Crippen LogP contribution >= 0.6 is 0 Å². The van der Waals surface area contributed by atoms with Crippen molar-refractivity contribution in [3.8, 4) is 0 Å². The average molecular weight is 513 g/mol. The summed E-state index contributed by atoms with van der Waals surface area (Å²) in [6.45, 7) is 0.786. The third-order valence-electron chi connectivity index (χ3n) is 6.42. The summed E-state index contributed by atoms with van der Waals surface area (Å²) in [6.07, 6.45) is -14.5. The Kier molecular flexibility index (Phi) is 8.17. The number of hydrogen-bond acceptors (Lipinski definition) is 14. The standard InChI is InChI=1S/C18H31N3O14/c1-4-7(24)10(27)13(28)17(32,34-4)11(14(19)29)16(20,15(30)31)18(33)12(21-5(2)23)9(26)8(25)6(3-22)35-18/h4,6-13,22,24-28,32-33H,3,20H2,1-2H3,(H2,19,29)(H,21,23)(H,30,31)/t4-,6?,7+,8?,9?,10+,11?,12?,13-,16?,17?,18?/m0/s1. The molecule has 0 aromatic rings. The molecule has 0 saturated carbocycles. The monoisotopic (exact) mass is 513 g/mol. The average Bonchev–Trinajstić information content (AvgIpc) is 2.75. The summed E-state index contributed by atoms with van der Waals surface area (Å²) >= 11 is 0. The van der Waals surface area contributed by atoms with Gasteiger partial charge in [0.15, 0.2) is 5.54 Å². The van der Waals surface area contributed by atoms with Crippen molar-refractivity contribution >= 4 is 17.8 Å². The molecular weight excluding hydrogens is 482 g/mol. The molecule has 14 N–H and O–H groups in total. The maximum atomic E-state index is 12.6. The van der Waals surface area contributed by atoms with E-state index in [0.717, 1.165) is 13.8 Å². The number of ether oxygens (including phenoxy) is 2. The molecule has 2 amide bonds. The van der Waals surface area contributed by atoms with Crippen LogP contribution in [0, 0.1) is 5.92 Å². The van der Waals surface area contributed by atoms with Crippen LogP contribution in [-0.4, -0.2) is 136 Å². The Bertz CT molecular complexity index is 847. The maximum absolute atomic E-state index is 12.6. The molecule has 8 unspecified atom stereocenters. The first kappa shape index (κ1) is 29.2. The van der Waals surface area contributed by atoms with E-state index in [9.17, 15) is 60.3 Å². The zero-order valence-electron chi connectivity index (χ0n) is 18.6. The third-order valence-corrected chi connectivity index (χ3v) is 6.42. The third kappa shape index (κ3) is 4.38.